The lowest BCUT2D eigenvalue weighted by molar-refractivity contribution is -0.385. The van der Waals surface area contributed by atoms with Crippen LogP contribution in [0.2, 0.25) is 0 Å². The molecule has 0 spiro atoms. The predicted octanol–water partition coefficient (Wildman–Crippen LogP) is 4.30. The summed E-state index contributed by atoms with van der Waals surface area (Å²) in [5.74, 6) is 0.997. The molecule has 7 heteroatoms. The number of hydrogen-bond donors (Lipinski definition) is 0. The minimum absolute atomic E-state index is 0.181. The molecule has 0 aliphatic heterocycles. The molecule has 27 heavy (non-hydrogen) atoms. The van der Waals surface area contributed by atoms with Crippen LogP contribution < -0.4 is 14.2 Å². The lowest BCUT2D eigenvalue weighted by Gasteiger charge is -2.08. The number of nitro benzene ring substituents is 1. The van der Waals surface area contributed by atoms with Crippen molar-refractivity contribution in [2.75, 3.05) is 20.8 Å². The highest BCUT2D eigenvalue weighted by Crippen LogP contribution is 2.35. The van der Waals surface area contributed by atoms with E-state index in [0.717, 1.165) is 6.42 Å². The molecule has 0 atom stereocenters. The van der Waals surface area contributed by atoms with Crippen molar-refractivity contribution in [1.29, 1.82) is 0 Å². The monoisotopic (exact) mass is 371 g/mol. The second-order valence-corrected chi connectivity index (χ2v) is 5.59. The molecule has 7 nitrogen and oxygen atoms in total. The van der Waals surface area contributed by atoms with Crippen LogP contribution in [0.1, 0.15) is 29.3 Å². The number of methoxy groups -OCH3 is 2. The van der Waals surface area contributed by atoms with Gasteiger partial charge in [-0.05, 0) is 48.9 Å². The van der Waals surface area contributed by atoms with Crippen molar-refractivity contribution in [2.45, 2.75) is 13.3 Å². The number of nitro groups is 1. The molecule has 2 rings (SSSR count). The first-order valence-electron chi connectivity index (χ1n) is 8.35. The first-order valence-corrected chi connectivity index (χ1v) is 8.35. The van der Waals surface area contributed by atoms with Crippen LogP contribution >= 0.6 is 0 Å². The van der Waals surface area contributed by atoms with Crippen molar-refractivity contribution in [3.05, 3.63) is 63.7 Å². The molecule has 0 unspecified atom stereocenters. The number of ether oxygens (including phenoxy) is 3. The normalized spacial score (nSPS) is 10.6. The summed E-state index contributed by atoms with van der Waals surface area (Å²) in [5.41, 5.74) is 0.521. The van der Waals surface area contributed by atoms with E-state index in [9.17, 15) is 14.9 Å². The Morgan fingerprint density at radius 3 is 2.30 bits per heavy atom. The molecule has 142 valence electrons. The highest BCUT2D eigenvalue weighted by molar-refractivity contribution is 6.07. The number of carbonyl (C=O) groups is 1. The van der Waals surface area contributed by atoms with Gasteiger partial charge in [-0.2, -0.15) is 0 Å². The van der Waals surface area contributed by atoms with Gasteiger partial charge in [-0.1, -0.05) is 6.92 Å². The molecule has 0 heterocycles. The molecule has 0 saturated heterocycles. The first-order chi connectivity index (χ1) is 13.0. The third-order valence-electron chi connectivity index (χ3n) is 3.76. The van der Waals surface area contributed by atoms with Crippen molar-refractivity contribution in [2.24, 2.45) is 0 Å². The van der Waals surface area contributed by atoms with Gasteiger partial charge in [-0.3, -0.25) is 14.9 Å². The minimum atomic E-state index is -0.536. The van der Waals surface area contributed by atoms with E-state index in [4.69, 9.17) is 14.2 Å². The van der Waals surface area contributed by atoms with Crippen molar-refractivity contribution < 1.29 is 23.9 Å². The van der Waals surface area contributed by atoms with Crippen LogP contribution in [0.15, 0.2) is 42.5 Å². The SMILES string of the molecule is CCCOc1ccc(C(=O)C=Cc2cc(OC)c(OC)cc2[N+](=O)[O-])cc1. The molecule has 0 amide bonds. The molecule has 0 aliphatic carbocycles. The fraction of sp³-hybridized carbons (Fsp3) is 0.250. The molecule has 0 fully saturated rings. The topological polar surface area (TPSA) is 87.9 Å². The summed E-state index contributed by atoms with van der Waals surface area (Å²) in [6, 6.07) is 9.47. The average molecular weight is 371 g/mol. The Balaban J connectivity index is 2.25. The van der Waals surface area contributed by atoms with Gasteiger partial charge in [0.1, 0.15) is 5.75 Å². The van der Waals surface area contributed by atoms with Gasteiger partial charge < -0.3 is 14.2 Å². The Labute approximate surface area is 157 Å². The molecule has 2 aromatic rings. The Hall–Kier alpha value is -3.35. The van der Waals surface area contributed by atoms with Crippen LogP contribution in [0.4, 0.5) is 5.69 Å². The summed E-state index contributed by atoms with van der Waals surface area (Å²) in [6.45, 7) is 2.62. The Morgan fingerprint density at radius 1 is 1.11 bits per heavy atom. The Bertz CT molecular complexity index is 842. The van der Waals surface area contributed by atoms with E-state index < -0.39 is 4.92 Å². The molecule has 0 aromatic heterocycles. The number of rotatable bonds is 9. The van der Waals surface area contributed by atoms with Crippen LogP contribution in [0.25, 0.3) is 6.08 Å². The molecule has 0 saturated carbocycles. The van der Waals surface area contributed by atoms with E-state index in [1.165, 1.54) is 38.5 Å². The lowest BCUT2D eigenvalue weighted by Crippen LogP contribution is -1.98. The van der Waals surface area contributed by atoms with E-state index in [2.05, 4.69) is 0 Å². The molecule has 0 bridgehead atoms. The van der Waals surface area contributed by atoms with Crippen LogP contribution in [-0.2, 0) is 0 Å². The highest BCUT2D eigenvalue weighted by Gasteiger charge is 2.18. The average Bonchev–Trinajstić information content (AvgIpc) is 2.69. The standard InChI is InChI=1S/C20H21NO6/c1-4-11-27-16-8-5-14(6-9-16)18(22)10-7-15-12-19(25-2)20(26-3)13-17(15)21(23)24/h5-10,12-13H,4,11H2,1-3H3. The van der Waals surface area contributed by atoms with E-state index in [-0.39, 0.29) is 22.8 Å². The number of hydrogen-bond acceptors (Lipinski definition) is 6. The predicted molar refractivity (Wildman–Crippen MR) is 102 cm³/mol. The number of benzene rings is 2. The van der Waals surface area contributed by atoms with Crippen molar-refractivity contribution in [3.63, 3.8) is 0 Å². The minimum Gasteiger partial charge on any atom is -0.494 e. The van der Waals surface area contributed by atoms with Gasteiger partial charge in [0.2, 0.25) is 0 Å². The zero-order valence-electron chi connectivity index (χ0n) is 15.4. The fourth-order valence-electron chi connectivity index (χ4n) is 2.37. The maximum atomic E-state index is 12.3. The van der Waals surface area contributed by atoms with Crippen molar-refractivity contribution in [3.8, 4) is 17.2 Å². The highest BCUT2D eigenvalue weighted by atomic mass is 16.6. The molecule has 2 aromatic carbocycles. The fourth-order valence-corrected chi connectivity index (χ4v) is 2.37. The van der Waals surface area contributed by atoms with Crippen LogP contribution in [0.3, 0.4) is 0 Å². The van der Waals surface area contributed by atoms with Crippen LogP contribution in [-0.4, -0.2) is 31.5 Å². The lowest BCUT2D eigenvalue weighted by atomic mass is 10.1. The molecule has 0 radical (unpaired) electrons. The van der Waals surface area contributed by atoms with Gasteiger partial charge in [0, 0.05) is 5.56 Å². The van der Waals surface area contributed by atoms with Gasteiger partial charge in [0.15, 0.2) is 17.3 Å². The number of carbonyl (C=O) groups excluding carboxylic acids is 1. The second kappa shape index (κ2) is 9.38. The van der Waals surface area contributed by atoms with Gasteiger partial charge in [-0.15, -0.1) is 0 Å². The van der Waals surface area contributed by atoms with Gasteiger partial charge in [-0.25, -0.2) is 0 Å². The number of ketones is 1. The summed E-state index contributed by atoms with van der Waals surface area (Å²) >= 11 is 0. The summed E-state index contributed by atoms with van der Waals surface area (Å²) in [7, 11) is 2.83. The van der Waals surface area contributed by atoms with Gasteiger partial charge >= 0.3 is 0 Å². The summed E-state index contributed by atoms with van der Waals surface area (Å²) in [5, 5.41) is 11.3. The first kappa shape index (κ1) is 20.0. The molecule has 0 N–H and O–H groups in total. The van der Waals surface area contributed by atoms with E-state index in [1.807, 2.05) is 6.92 Å². The Morgan fingerprint density at radius 2 is 1.74 bits per heavy atom. The van der Waals surface area contributed by atoms with Crippen LogP contribution in [0, 0.1) is 10.1 Å². The quantitative estimate of drug-likeness (QED) is 0.283. The maximum Gasteiger partial charge on any atom is 0.280 e. The Kier molecular flexibility index (Phi) is 6.93. The van der Waals surface area contributed by atoms with Crippen LogP contribution in [0.5, 0.6) is 17.2 Å². The molecule has 0 aliphatic rings. The van der Waals surface area contributed by atoms with Gasteiger partial charge in [0.25, 0.3) is 5.69 Å². The zero-order valence-corrected chi connectivity index (χ0v) is 15.4. The molecular formula is C20H21NO6. The van der Waals surface area contributed by atoms with E-state index >= 15 is 0 Å². The van der Waals surface area contributed by atoms with Crippen molar-refractivity contribution >= 4 is 17.5 Å². The van der Waals surface area contributed by atoms with E-state index in [0.29, 0.717) is 23.7 Å². The number of allylic oxidation sites excluding steroid dienone is 1. The smallest absolute Gasteiger partial charge is 0.280 e. The second-order valence-electron chi connectivity index (χ2n) is 5.59. The van der Waals surface area contributed by atoms with E-state index in [1.54, 1.807) is 24.3 Å². The van der Waals surface area contributed by atoms with Gasteiger partial charge in [0.05, 0.1) is 37.4 Å². The summed E-state index contributed by atoms with van der Waals surface area (Å²) in [6.07, 6.45) is 3.58. The third kappa shape index (κ3) is 5.07. The summed E-state index contributed by atoms with van der Waals surface area (Å²) < 4.78 is 15.7. The third-order valence-corrected chi connectivity index (χ3v) is 3.76. The van der Waals surface area contributed by atoms with Crippen molar-refractivity contribution in [1.82, 2.24) is 0 Å². The number of nitrogens with zero attached hydrogens (tertiary/aromatic N) is 1. The molecular weight excluding hydrogens is 350 g/mol. The largest absolute Gasteiger partial charge is 0.494 e. The summed E-state index contributed by atoms with van der Waals surface area (Å²) in [4.78, 5) is 23.1. The zero-order chi connectivity index (χ0) is 19.8. The maximum absolute atomic E-state index is 12.3.